The molecule has 0 bridgehead atoms. The second-order valence-electron chi connectivity index (χ2n) is 5.15. The number of carboxylic acid groups (broad SMARTS) is 1. The van der Waals surface area contributed by atoms with Gasteiger partial charge in [0, 0.05) is 11.6 Å². The number of para-hydroxylation sites is 1. The van der Waals surface area contributed by atoms with Crippen LogP contribution in [0.1, 0.15) is 25.8 Å². The van der Waals surface area contributed by atoms with Gasteiger partial charge in [0.2, 0.25) is 5.91 Å². The number of benzene rings is 1. The molecule has 1 atom stereocenters. The second kappa shape index (κ2) is 7.37. The van der Waals surface area contributed by atoms with Crippen molar-refractivity contribution in [1.82, 2.24) is 5.32 Å². The molecule has 7 heteroatoms. The third-order valence-electron chi connectivity index (χ3n) is 2.88. The van der Waals surface area contributed by atoms with Gasteiger partial charge in [0.25, 0.3) is 5.69 Å². The molecule has 0 heterocycles. The maximum atomic E-state index is 11.9. The zero-order chi connectivity index (χ0) is 16.0. The van der Waals surface area contributed by atoms with Crippen molar-refractivity contribution < 1.29 is 19.6 Å². The van der Waals surface area contributed by atoms with Crippen LogP contribution in [0.15, 0.2) is 24.3 Å². The number of nitrogens with one attached hydrogen (secondary N) is 1. The molecule has 0 fully saturated rings. The van der Waals surface area contributed by atoms with Crippen LogP contribution in [0, 0.1) is 16.0 Å². The van der Waals surface area contributed by atoms with Gasteiger partial charge in [-0.3, -0.25) is 14.9 Å². The lowest BCUT2D eigenvalue weighted by atomic mass is 10.0. The predicted molar refractivity (Wildman–Crippen MR) is 75.8 cm³/mol. The summed E-state index contributed by atoms with van der Waals surface area (Å²) < 4.78 is 0. The summed E-state index contributed by atoms with van der Waals surface area (Å²) >= 11 is 0. The molecule has 0 aliphatic heterocycles. The first-order valence-electron chi connectivity index (χ1n) is 6.55. The number of carbonyl (C=O) groups excluding carboxylic acids is 1. The first-order valence-corrected chi connectivity index (χ1v) is 6.55. The third-order valence-corrected chi connectivity index (χ3v) is 2.88. The SMILES string of the molecule is CC(C)C[C@H](NC(=O)Cc1ccccc1[N+](=O)[O-])C(=O)O. The Morgan fingerprint density at radius 2 is 1.95 bits per heavy atom. The Bertz CT molecular complexity index is 542. The van der Waals surface area contributed by atoms with E-state index in [0.29, 0.717) is 6.42 Å². The predicted octanol–water partition coefficient (Wildman–Crippen LogP) is 1.75. The van der Waals surface area contributed by atoms with E-state index in [1.807, 2.05) is 13.8 Å². The van der Waals surface area contributed by atoms with Crippen molar-refractivity contribution in [2.24, 2.45) is 5.92 Å². The minimum absolute atomic E-state index is 0.109. The van der Waals surface area contributed by atoms with E-state index in [1.165, 1.54) is 18.2 Å². The monoisotopic (exact) mass is 294 g/mol. The zero-order valence-electron chi connectivity index (χ0n) is 11.9. The number of nitro groups is 1. The molecule has 0 saturated heterocycles. The Labute approximate surface area is 122 Å². The molecule has 0 aliphatic rings. The molecular weight excluding hydrogens is 276 g/mol. The Balaban J connectivity index is 2.77. The van der Waals surface area contributed by atoms with Crippen LogP contribution in [0.3, 0.4) is 0 Å². The number of rotatable bonds is 7. The van der Waals surface area contributed by atoms with E-state index in [-0.39, 0.29) is 23.6 Å². The van der Waals surface area contributed by atoms with Crippen LogP contribution in [0.5, 0.6) is 0 Å². The van der Waals surface area contributed by atoms with Crippen LogP contribution in [-0.4, -0.2) is 27.9 Å². The van der Waals surface area contributed by atoms with Crippen LogP contribution in [-0.2, 0) is 16.0 Å². The molecule has 7 nitrogen and oxygen atoms in total. The van der Waals surface area contributed by atoms with Gasteiger partial charge in [0.15, 0.2) is 0 Å². The molecule has 0 saturated carbocycles. The Kier molecular flexibility index (Phi) is 5.83. The molecule has 1 aromatic carbocycles. The summed E-state index contributed by atoms with van der Waals surface area (Å²) in [5.41, 5.74) is 0.108. The normalized spacial score (nSPS) is 12.0. The van der Waals surface area contributed by atoms with Crippen LogP contribution >= 0.6 is 0 Å². The number of carboxylic acids is 1. The van der Waals surface area contributed by atoms with Crippen LogP contribution in [0.2, 0.25) is 0 Å². The van der Waals surface area contributed by atoms with Crippen molar-refractivity contribution in [3.05, 3.63) is 39.9 Å². The molecule has 0 aliphatic carbocycles. The molecule has 1 aromatic rings. The molecule has 114 valence electrons. The van der Waals surface area contributed by atoms with Crippen molar-refractivity contribution in [3.63, 3.8) is 0 Å². The van der Waals surface area contributed by atoms with Gasteiger partial charge in [0.05, 0.1) is 11.3 Å². The number of nitro benzene ring substituents is 1. The van der Waals surface area contributed by atoms with E-state index in [4.69, 9.17) is 5.11 Å². The topological polar surface area (TPSA) is 110 Å². The maximum absolute atomic E-state index is 11.9. The summed E-state index contributed by atoms with van der Waals surface area (Å²) in [6, 6.07) is 4.92. The fourth-order valence-electron chi connectivity index (χ4n) is 1.95. The van der Waals surface area contributed by atoms with E-state index >= 15 is 0 Å². The first kappa shape index (κ1) is 16.6. The highest BCUT2D eigenvalue weighted by molar-refractivity contribution is 5.85. The van der Waals surface area contributed by atoms with E-state index in [1.54, 1.807) is 6.07 Å². The number of carbonyl (C=O) groups is 2. The summed E-state index contributed by atoms with van der Waals surface area (Å²) in [4.78, 5) is 33.3. The first-order chi connectivity index (χ1) is 9.81. The molecule has 0 aromatic heterocycles. The molecule has 2 N–H and O–H groups in total. The van der Waals surface area contributed by atoms with E-state index in [2.05, 4.69) is 5.32 Å². The van der Waals surface area contributed by atoms with E-state index in [9.17, 15) is 19.7 Å². The number of hydrogen-bond acceptors (Lipinski definition) is 4. The molecule has 0 unspecified atom stereocenters. The van der Waals surface area contributed by atoms with Crippen molar-refractivity contribution in [2.45, 2.75) is 32.7 Å². The van der Waals surface area contributed by atoms with Crippen molar-refractivity contribution in [3.8, 4) is 0 Å². The highest BCUT2D eigenvalue weighted by atomic mass is 16.6. The lowest BCUT2D eigenvalue weighted by Crippen LogP contribution is -2.42. The Morgan fingerprint density at radius 1 is 1.33 bits per heavy atom. The van der Waals surface area contributed by atoms with Crippen LogP contribution in [0.25, 0.3) is 0 Å². The minimum atomic E-state index is -1.11. The van der Waals surface area contributed by atoms with Gasteiger partial charge < -0.3 is 10.4 Å². The van der Waals surface area contributed by atoms with Crippen molar-refractivity contribution >= 4 is 17.6 Å². The van der Waals surface area contributed by atoms with Gasteiger partial charge in [-0.1, -0.05) is 32.0 Å². The number of aliphatic carboxylic acids is 1. The number of hydrogen-bond donors (Lipinski definition) is 2. The molecule has 1 rings (SSSR count). The molecule has 0 radical (unpaired) electrons. The summed E-state index contributed by atoms with van der Waals surface area (Å²) in [5.74, 6) is -1.55. The van der Waals surface area contributed by atoms with E-state index < -0.39 is 22.8 Å². The largest absolute Gasteiger partial charge is 0.480 e. The molecular formula is C14H18N2O5. The van der Waals surface area contributed by atoms with Gasteiger partial charge in [0.1, 0.15) is 6.04 Å². The van der Waals surface area contributed by atoms with Gasteiger partial charge >= 0.3 is 5.97 Å². The average molecular weight is 294 g/mol. The average Bonchev–Trinajstić information content (AvgIpc) is 2.37. The summed E-state index contributed by atoms with van der Waals surface area (Å²) in [6.45, 7) is 3.70. The van der Waals surface area contributed by atoms with Crippen molar-refractivity contribution in [2.75, 3.05) is 0 Å². The second-order valence-corrected chi connectivity index (χ2v) is 5.15. The number of nitrogens with zero attached hydrogens (tertiary/aromatic N) is 1. The van der Waals surface area contributed by atoms with Gasteiger partial charge in [-0.05, 0) is 12.3 Å². The fraction of sp³-hybridized carbons (Fsp3) is 0.429. The highest BCUT2D eigenvalue weighted by Gasteiger charge is 2.22. The minimum Gasteiger partial charge on any atom is -0.480 e. The molecule has 21 heavy (non-hydrogen) atoms. The van der Waals surface area contributed by atoms with Crippen molar-refractivity contribution in [1.29, 1.82) is 0 Å². The van der Waals surface area contributed by atoms with Crippen LogP contribution < -0.4 is 5.32 Å². The highest BCUT2D eigenvalue weighted by Crippen LogP contribution is 2.18. The quantitative estimate of drug-likeness (QED) is 0.588. The molecule has 1 amide bonds. The van der Waals surface area contributed by atoms with E-state index in [0.717, 1.165) is 0 Å². The van der Waals surface area contributed by atoms with Gasteiger partial charge in [-0.15, -0.1) is 0 Å². The third kappa shape index (κ3) is 5.21. The Hall–Kier alpha value is -2.44. The zero-order valence-corrected chi connectivity index (χ0v) is 11.9. The Morgan fingerprint density at radius 3 is 2.48 bits per heavy atom. The number of amides is 1. The lowest BCUT2D eigenvalue weighted by Gasteiger charge is -2.16. The fourth-order valence-corrected chi connectivity index (χ4v) is 1.95. The molecule has 0 spiro atoms. The lowest BCUT2D eigenvalue weighted by molar-refractivity contribution is -0.385. The summed E-state index contributed by atoms with van der Waals surface area (Å²) in [6.07, 6.45) is 0.0803. The van der Waals surface area contributed by atoms with Crippen LogP contribution in [0.4, 0.5) is 5.69 Å². The summed E-state index contributed by atoms with van der Waals surface area (Å²) in [7, 11) is 0. The summed E-state index contributed by atoms with van der Waals surface area (Å²) in [5, 5.41) is 22.3. The standard InChI is InChI=1S/C14H18N2O5/c1-9(2)7-11(14(18)19)15-13(17)8-10-5-3-4-6-12(10)16(20)21/h3-6,9,11H,7-8H2,1-2H3,(H,15,17)(H,18,19)/t11-/m0/s1. The van der Waals surface area contributed by atoms with Gasteiger partial charge in [-0.25, -0.2) is 4.79 Å². The maximum Gasteiger partial charge on any atom is 0.326 e. The van der Waals surface area contributed by atoms with Gasteiger partial charge in [-0.2, -0.15) is 0 Å². The smallest absolute Gasteiger partial charge is 0.326 e.